The Morgan fingerprint density at radius 1 is 1.83 bits per heavy atom. The molecule has 0 nitrogen and oxygen atoms in total. The van der Waals surface area contributed by atoms with Crippen LogP contribution in [0.3, 0.4) is 0 Å². The molecule has 0 aromatic heterocycles. The Morgan fingerprint density at radius 3 is 2.83 bits per heavy atom. The molecule has 1 aliphatic rings. The van der Waals surface area contributed by atoms with Crippen molar-refractivity contribution in [1.29, 1.82) is 0 Å². The van der Waals surface area contributed by atoms with Crippen molar-refractivity contribution >= 4 is 34.4 Å². The van der Waals surface area contributed by atoms with Crippen LogP contribution in [0.2, 0.25) is 0 Å². The Kier molecular flexibility index (Phi) is 1.83. The van der Waals surface area contributed by atoms with E-state index in [9.17, 15) is 0 Å². The predicted molar refractivity (Wildman–Crippen MR) is 39.4 cm³/mol. The molecule has 0 bridgehead atoms. The molecule has 1 unspecified atom stereocenters. The largest absolute Gasteiger partial charge is 0.133 e. The second-order valence-electron chi connectivity index (χ2n) is 1.18. The van der Waals surface area contributed by atoms with E-state index in [2.05, 4.69) is 34.1 Å². The second-order valence-corrected chi connectivity index (χ2v) is 3.72. The zero-order valence-corrected chi connectivity index (χ0v) is 6.20. The first-order valence-corrected chi connectivity index (χ1v) is 4.11. The molecule has 0 amide bonds. The van der Waals surface area contributed by atoms with Crippen LogP contribution in [0.5, 0.6) is 0 Å². The first-order chi connectivity index (χ1) is 2.89. The van der Waals surface area contributed by atoms with Crippen molar-refractivity contribution in [3.63, 3.8) is 0 Å². The molecule has 0 N–H and O–H groups in total. The predicted octanol–water partition coefficient (Wildman–Crippen LogP) is 2.05. The Morgan fingerprint density at radius 2 is 2.67 bits per heavy atom. The molecule has 1 rings (SSSR count). The molecule has 1 aliphatic heterocycles. The van der Waals surface area contributed by atoms with Gasteiger partial charge in [-0.15, -0.1) is 11.8 Å². The van der Waals surface area contributed by atoms with Crippen LogP contribution in [0, 0.1) is 0 Å². The summed E-state index contributed by atoms with van der Waals surface area (Å²) >= 11 is 4.32. The smallest absolute Gasteiger partial charge is 0.0391 e. The number of hydrogen-bond donors (Lipinski definition) is 0. The Hall–Kier alpha value is 0.820. The number of hydrogen-bond acceptors (Lipinski definition) is 1. The zero-order chi connectivity index (χ0) is 4.41. The third-order valence-electron chi connectivity index (χ3n) is 0.639. The molecular formula is C4H5IS. The molecule has 0 spiro atoms. The van der Waals surface area contributed by atoms with Crippen molar-refractivity contribution in [2.45, 2.75) is 3.92 Å². The summed E-state index contributed by atoms with van der Waals surface area (Å²) in [5.74, 6) is 1.28. The molecule has 0 aliphatic carbocycles. The monoisotopic (exact) mass is 212 g/mol. The average Bonchev–Trinajstić information content (AvgIpc) is 1.86. The van der Waals surface area contributed by atoms with E-state index in [0.29, 0.717) is 0 Å². The number of alkyl halides is 1. The molecule has 0 saturated carbocycles. The van der Waals surface area contributed by atoms with E-state index < -0.39 is 0 Å². The van der Waals surface area contributed by atoms with Crippen molar-refractivity contribution < 1.29 is 0 Å². The van der Waals surface area contributed by atoms with Crippen LogP contribution in [0.25, 0.3) is 0 Å². The molecule has 1 atom stereocenters. The van der Waals surface area contributed by atoms with Gasteiger partial charge < -0.3 is 0 Å². The van der Waals surface area contributed by atoms with Gasteiger partial charge in [0.25, 0.3) is 0 Å². The Labute approximate surface area is 55.5 Å². The van der Waals surface area contributed by atoms with E-state index in [0.717, 1.165) is 3.92 Å². The van der Waals surface area contributed by atoms with Gasteiger partial charge >= 0.3 is 0 Å². The van der Waals surface area contributed by atoms with Crippen LogP contribution in [0.1, 0.15) is 0 Å². The fourth-order valence-corrected chi connectivity index (χ4v) is 2.16. The van der Waals surface area contributed by atoms with Crippen LogP contribution in [0.4, 0.5) is 0 Å². The van der Waals surface area contributed by atoms with Gasteiger partial charge in [-0.05, 0) is 5.41 Å². The van der Waals surface area contributed by atoms with Crippen LogP contribution < -0.4 is 0 Å². The lowest BCUT2D eigenvalue weighted by Gasteiger charge is -1.86. The first-order valence-electron chi connectivity index (χ1n) is 1.82. The molecule has 0 saturated heterocycles. The van der Waals surface area contributed by atoms with Crippen LogP contribution in [-0.4, -0.2) is 9.68 Å². The highest BCUT2D eigenvalue weighted by Gasteiger charge is 2.01. The van der Waals surface area contributed by atoms with Gasteiger partial charge in [0.05, 0.1) is 0 Å². The summed E-state index contributed by atoms with van der Waals surface area (Å²) in [6.45, 7) is 0. The summed E-state index contributed by atoms with van der Waals surface area (Å²) in [5.41, 5.74) is 0. The van der Waals surface area contributed by atoms with Crippen molar-refractivity contribution in [1.82, 2.24) is 0 Å². The van der Waals surface area contributed by atoms with Gasteiger partial charge in [0, 0.05) is 9.68 Å². The lowest BCUT2D eigenvalue weighted by atomic mass is 10.5. The van der Waals surface area contributed by atoms with Gasteiger partial charge in [-0.25, -0.2) is 0 Å². The van der Waals surface area contributed by atoms with Crippen LogP contribution in [-0.2, 0) is 0 Å². The standard InChI is InChI=1S/C4H5IS/c5-4-1-2-6-3-4/h1-2,4H,3H2. The number of thioether (sulfide) groups is 1. The van der Waals surface area contributed by atoms with E-state index in [1.165, 1.54) is 5.75 Å². The van der Waals surface area contributed by atoms with E-state index in [-0.39, 0.29) is 0 Å². The molecule has 0 radical (unpaired) electrons. The molecule has 2 heteroatoms. The third kappa shape index (κ3) is 1.15. The maximum Gasteiger partial charge on any atom is 0.0391 e. The zero-order valence-electron chi connectivity index (χ0n) is 3.23. The maximum atomic E-state index is 2.42. The SMILES string of the molecule is IC1C=CSC1. The topological polar surface area (TPSA) is 0 Å². The highest BCUT2D eigenvalue weighted by molar-refractivity contribution is 14.1. The number of allylic oxidation sites excluding steroid dienone is 1. The highest BCUT2D eigenvalue weighted by Crippen LogP contribution is 2.20. The lowest BCUT2D eigenvalue weighted by molar-refractivity contribution is 1.36. The van der Waals surface area contributed by atoms with Crippen molar-refractivity contribution in [2.24, 2.45) is 0 Å². The van der Waals surface area contributed by atoms with E-state index in [4.69, 9.17) is 0 Å². The molecule has 6 heavy (non-hydrogen) atoms. The Bertz CT molecular complexity index is 69.9. The van der Waals surface area contributed by atoms with Gasteiger partial charge in [-0.1, -0.05) is 28.7 Å². The highest BCUT2D eigenvalue weighted by atomic mass is 127. The number of halogens is 1. The maximum absolute atomic E-state index is 2.42. The fraction of sp³-hybridized carbons (Fsp3) is 0.500. The molecule has 0 aromatic rings. The molecule has 34 valence electrons. The van der Waals surface area contributed by atoms with Gasteiger partial charge in [0.15, 0.2) is 0 Å². The molecule has 0 fully saturated rings. The normalized spacial score (nSPS) is 31.8. The van der Waals surface area contributed by atoms with Gasteiger partial charge in [-0.2, -0.15) is 0 Å². The second kappa shape index (κ2) is 2.21. The Balaban J connectivity index is 2.38. The first kappa shape index (κ1) is 4.97. The van der Waals surface area contributed by atoms with E-state index in [1.807, 2.05) is 11.8 Å². The van der Waals surface area contributed by atoms with Crippen LogP contribution in [0.15, 0.2) is 11.5 Å². The summed E-state index contributed by atoms with van der Waals surface area (Å²) in [5, 5.41) is 2.16. The van der Waals surface area contributed by atoms with Crippen molar-refractivity contribution in [3.05, 3.63) is 11.5 Å². The van der Waals surface area contributed by atoms with Gasteiger partial charge in [0.1, 0.15) is 0 Å². The van der Waals surface area contributed by atoms with Gasteiger partial charge in [0.2, 0.25) is 0 Å². The summed E-state index contributed by atoms with van der Waals surface area (Å²) in [4.78, 5) is 0. The molecular weight excluding hydrogens is 207 g/mol. The van der Waals surface area contributed by atoms with Crippen molar-refractivity contribution in [2.75, 3.05) is 5.75 Å². The lowest BCUT2D eigenvalue weighted by Crippen LogP contribution is -1.86. The summed E-state index contributed by atoms with van der Waals surface area (Å²) in [6, 6.07) is 0. The van der Waals surface area contributed by atoms with Gasteiger partial charge in [-0.3, -0.25) is 0 Å². The minimum Gasteiger partial charge on any atom is -0.133 e. The summed E-state index contributed by atoms with van der Waals surface area (Å²) in [6.07, 6.45) is 2.23. The minimum atomic E-state index is 0.799. The van der Waals surface area contributed by atoms with E-state index >= 15 is 0 Å². The molecule has 1 heterocycles. The quantitative estimate of drug-likeness (QED) is 0.437. The third-order valence-corrected chi connectivity index (χ3v) is 2.99. The van der Waals surface area contributed by atoms with Crippen molar-refractivity contribution in [3.8, 4) is 0 Å². The average molecular weight is 212 g/mol. The van der Waals surface area contributed by atoms with Crippen LogP contribution >= 0.6 is 34.4 Å². The summed E-state index contributed by atoms with van der Waals surface area (Å²) in [7, 11) is 0. The minimum absolute atomic E-state index is 0.799. The number of rotatable bonds is 0. The fourth-order valence-electron chi connectivity index (χ4n) is 0.344. The molecule has 0 aromatic carbocycles. The van der Waals surface area contributed by atoms with E-state index in [1.54, 1.807) is 0 Å². The summed E-state index contributed by atoms with van der Waals surface area (Å²) < 4.78 is 0.799.